The molecule has 0 aromatic heterocycles. The third kappa shape index (κ3) is 5.31. The lowest BCUT2D eigenvalue weighted by atomic mass is 10.1. The number of fused-ring (bicyclic) bond motifs is 1. The summed E-state index contributed by atoms with van der Waals surface area (Å²) in [6.45, 7) is 9.23. The van der Waals surface area contributed by atoms with E-state index >= 15 is 0 Å². The Kier molecular flexibility index (Phi) is 7.10. The van der Waals surface area contributed by atoms with Gasteiger partial charge in [0, 0.05) is 12.5 Å². The number of rotatable bonds is 5. The monoisotopic (exact) mass is 285 g/mol. The van der Waals surface area contributed by atoms with Gasteiger partial charge in [-0.2, -0.15) is 0 Å². The van der Waals surface area contributed by atoms with Gasteiger partial charge in [-0.25, -0.2) is 0 Å². The van der Waals surface area contributed by atoms with Crippen molar-refractivity contribution in [3.8, 4) is 0 Å². The predicted octanol–water partition coefficient (Wildman–Crippen LogP) is 4.52. The van der Waals surface area contributed by atoms with Crippen LogP contribution in [0.1, 0.15) is 33.3 Å². The largest absolute Gasteiger partial charge is 0.298 e. The number of Topliss-reactive ketones (excluding diaryl/α,β-unsaturated/α-hetero) is 1. The fourth-order valence-electron chi connectivity index (χ4n) is 2.15. The van der Waals surface area contributed by atoms with Crippen LogP contribution in [-0.2, 0) is 11.3 Å². The van der Waals surface area contributed by atoms with E-state index in [0.29, 0.717) is 12.3 Å². The van der Waals surface area contributed by atoms with Crippen molar-refractivity contribution < 1.29 is 4.79 Å². The van der Waals surface area contributed by atoms with Crippen LogP contribution in [0.15, 0.2) is 42.5 Å². The number of carbonyl (C=O) groups excluding carboxylic acids is 1. The summed E-state index contributed by atoms with van der Waals surface area (Å²) in [5.41, 5.74) is 1.25. The molecular weight excluding hydrogens is 258 g/mol. The van der Waals surface area contributed by atoms with Crippen molar-refractivity contribution in [2.24, 2.45) is 5.92 Å². The number of ketones is 1. The molecule has 0 fully saturated rings. The molecule has 21 heavy (non-hydrogen) atoms. The van der Waals surface area contributed by atoms with Crippen molar-refractivity contribution in [1.29, 1.82) is 0 Å². The molecule has 2 rings (SSSR count). The smallest absolute Gasteiger partial charge is 0.149 e. The van der Waals surface area contributed by atoms with Crippen molar-refractivity contribution in [1.82, 2.24) is 4.90 Å². The van der Waals surface area contributed by atoms with Crippen LogP contribution >= 0.6 is 0 Å². The fraction of sp³-hybridized carbons (Fsp3) is 0.421. The summed E-state index contributed by atoms with van der Waals surface area (Å²) in [5.74, 6) is 0.405. The zero-order valence-electron chi connectivity index (χ0n) is 13.9. The summed E-state index contributed by atoms with van der Waals surface area (Å²) in [4.78, 5) is 13.8. The molecule has 0 heterocycles. The van der Waals surface area contributed by atoms with Crippen molar-refractivity contribution in [3.05, 3.63) is 48.0 Å². The molecule has 2 aromatic carbocycles. The van der Waals surface area contributed by atoms with Crippen LogP contribution in [0.5, 0.6) is 0 Å². The Hall–Kier alpha value is -1.67. The van der Waals surface area contributed by atoms with Crippen LogP contribution in [0.4, 0.5) is 0 Å². The van der Waals surface area contributed by atoms with E-state index in [2.05, 4.69) is 47.4 Å². The number of hydrogen-bond acceptors (Lipinski definition) is 2. The molecule has 0 saturated carbocycles. The third-order valence-corrected chi connectivity index (χ3v) is 3.34. The van der Waals surface area contributed by atoms with Crippen LogP contribution in [-0.4, -0.2) is 24.3 Å². The molecule has 2 heteroatoms. The number of likely N-dealkylation sites (N-methyl/N-ethyl adjacent to an activating group) is 1. The molecule has 0 N–H and O–H groups in total. The van der Waals surface area contributed by atoms with Crippen LogP contribution in [0, 0.1) is 5.92 Å². The molecule has 114 valence electrons. The number of carbonyl (C=O) groups is 1. The zero-order valence-corrected chi connectivity index (χ0v) is 13.9. The van der Waals surface area contributed by atoms with Gasteiger partial charge in [0.25, 0.3) is 0 Å². The van der Waals surface area contributed by atoms with Crippen molar-refractivity contribution >= 4 is 16.6 Å². The summed E-state index contributed by atoms with van der Waals surface area (Å²) >= 11 is 0. The van der Waals surface area contributed by atoms with Crippen molar-refractivity contribution in [3.63, 3.8) is 0 Å². The molecule has 0 saturated heterocycles. The van der Waals surface area contributed by atoms with Gasteiger partial charge in [0.1, 0.15) is 5.78 Å². The number of hydrogen-bond donors (Lipinski definition) is 0. The van der Waals surface area contributed by atoms with Gasteiger partial charge in [0.05, 0.1) is 6.54 Å². The van der Waals surface area contributed by atoms with E-state index in [4.69, 9.17) is 0 Å². The zero-order chi connectivity index (χ0) is 15.8. The van der Waals surface area contributed by atoms with Gasteiger partial charge in [-0.15, -0.1) is 0 Å². The molecule has 0 aliphatic rings. The Labute approximate surface area is 128 Å². The first-order valence-electron chi connectivity index (χ1n) is 7.75. The Bertz CT molecular complexity index is 575. The van der Waals surface area contributed by atoms with Gasteiger partial charge >= 0.3 is 0 Å². The van der Waals surface area contributed by atoms with Crippen LogP contribution in [0.3, 0.4) is 0 Å². The summed E-state index contributed by atoms with van der Waals surface area (Å²) in [6, 6.07) is 14.8. The Morgan fingerprint density at radius 2 is 1.67 bits per heavy atom. The minimum Gasteiger partial charge on any atom is -0.298 e. The average molecular weight is 285 g/mol. The maximum absolute atomic E-state index is 11.7. The Morgan fingerprint density at radius 3 is 2.29 bits per heavy atom. The van der Waals surface area contributed by atoms with Crippen LogP contribution in [0.25, 0.3) is 10.8 Å². The molecule has 2 nitrogen and oxygen atoms in total. The second kappa shape index (κ2) is 8.58. The number of benzene rings is 2. The SMILES string of the molecule is CC.CC(C)C(=O)CN(C)Cc1ccc2ccccc2c1. The molecule has 0 bridgehead atoms. The fourth-order valence-corrected chi connectivity index (χ4v) is 2.15. The third-order valence-electron chi connectivity index (χ3n) is 3.34. The molecule has 0 unspecified atom stereocenters. The lowest BCUT2D eigenvalue weighted by Gasteiger charge is -2.17. The van der Waals surface area contributed by atoms with Gasteiger partial charge in [-0.1, -0.05) is 64.1 Å². The molecular formula is C19H27NO. The van der Waals surface area contributed by atoms with E-state index in [1.54, 1.807) is 0 Å². The minimum absolute atomic E-state index is 0.110. The molecule has 0 amide bonds. The topological polar surface area (TPSA) is 20.3 Å². The van der Waals surface area contributed by atoms with Gasteiger partial charge in [0.2, 0.25) is 0 Å². The first-order valence-corrected chi connectivity index (χ1v) is 7.75. The number of nitrogens with zero attached hydrogens (tertiary/aromatic N) is 1. The molecule has 0 aliphatic carbocycles. The van der Waals surface area contributed by atoms with Gasteiger partial charge < -0.3 is 0 Å². The summed E-state index contributed by atoms with van der Waals surface area (Å²) in [7, 11) is 2.00. The molecule has 0 radical (unpaired) electrons. The van der Waals surface area contributed by atoms with Crippen molar-refractivity contribution in [2.75, 3.05) is 13.6 Å². The lowest BCUT2D eigenvalue weighted by molar-refractivity contribution is -0.122. The molecule has 0 aliphatic heterocycles. The molecule has 0 atom stereocenters. The highest BCUT2D eigenvalue weighted by Gasteiger charge is 2.10. The van der Waals surface area contributed by atoms with Crippen LogP contribution in [0.2, 0.25) is 0 Å². The first-order chi connectivity index (χ1) is 10.1. The lowest BCUT2D eigenvalue weighted by Crippen LogP contribution is -2.28. The summed E-state index contributed by atoms with van der Waals surface area (Å²) in [5, 5.41) is 2.51. The van der Waals surface area contributed by atoms with E-state index < -0.39 is 0 Å². The minimum atomic E-state index is 0.110. The van der Waals surface area contributed by atoms with E-state index in [9.17, 15) is 4.79 Å². The molecule has 2 aromatic rings. The summed E-state index contributed by atoms with van der Waals surface area (Å²) < 4.78 is 0. The molecule has 0 spiro atoms. The highest BCUT2D eigenvalue weighted by molar-refractivity contribution is 5.83. The van der Waals surface area contributed by atoms with Gasteiger partial charge in [0.15, 0.2) is 0 Å². The van der Waals surface area contributed by atoms with E-state index in [1.165, 1.54) is 16.3 Å². The normalized spacial score (nSPS) is 10.6. The average Bonchev–Trinajstić information content (AvgIpc) is 2.49. The second-order valence-electron chi connectivity index (χ2n) is 5.47. The Balaban J connectivity index is 0.00000106. The highest BCUT2D eigenvalue weighted by Crippen LogP contribution is 2.16. The quantitative estimate of drug-likeness (QED) is 0.805. The maximum atomic E-state index is 11.7. The first kappa shape index (κ1) is 17.4. The van der Waals surface area contributed by atoms with Crippen molar-refractivity contribution in [2.45, 2.75) is 34.2 Å². The summed E-state index contributed by atoms with van der Waals surface area (Å²) in [6.07, 6.45) is 0. The highest BCUT2D eigenvalue weighted by atomic mass is 16.1. The second-order valence-corrected chi connectivity index (χ2v) is 5.47. The standard InChI is InChI=1S/C17H21NO.C2H6/c1-13(2)17(19)12-18(3)11-14-8-9-15-6-4-5-7-16(15)10-14;1-2/h4-10,13H,11-12H2,1-3H3;1-2H3. The predicted molar refractivity (Wildman–Crippen MR) is 91.5 cm³/mol. The van der Waals surface area contributed by atoms with Crippen LogP contribution < -0.4 is 0 Å². The van der Waals surface area contributed by atoms with Gasteiger partial charge in [-0.05, 0) is 29.4 Å². The van der Waals surface area contributed by atoms with E-state index in [-0.39, 0.29) is 5.92 Å². The maximum Gasteiger partial charge on any atom is 0.149 e. The van der Waals surface area contributed by atoms with E-state index in [1.807, 2.05) is 34.7 Å². The Morgan fingerprint density at radius 1 is 1.05 bits per heavy atom. The van der Waals surface area contributed by atoms with Gasteiger partial charge in [-0.3, -0.25) is 9.69 Å². The van der Waals surface area contributed by atoms with E-state index in [0.717, 1.165) is 6.54 Å².